The third-order valence-electron chi connectivity index (χ3n) is 3.64. The third-order valence-corrected chi connectivity index (χ3v) is 3.64. The van der Waals surface area contributed by atoms with E-state index in [1.807, 2.05) is 30.3 Å². The van der Waals surface area contributed by atoms with Crippen molar-refractivity contribution in [1.29, 1.82) is 0 Å². The summed E-state index contributed by atoms with van der Waals surface area (Å²) in [5.74, 6) is 8.19. The number of ether oxygens (including phenoxy) is 1. The number of rotatable bonds is 2. The first-order chi connectivity index (χ1) is 9.55. The molecule has 1 aliphatic rings. The molecule has 0 aliphatic heterocycles. The fourth-order valence-electron chi connectivity index (χ4n) is 2.39. The Morgan fingerprint density at radius 1 is 1.05 bits per heavy atom. The van der Waals surface area contributed by atoms with Crippen molar-refractivity contribution in [3.8, 4) is 17.6 Å². The van der Waals surface area contributed by atoms with Gasteiger partial charge in [-0.25, -0.2) is 0 Å². The van der Waals surface area contributed by atoms with Gasteiger partial charge in [0.05, 0.1) is 0 Å². The van der Waals surface area contributed by atoms with Crippen LogP contribution in [0, 0.1) is 29.3 Å². The van der Waals surface area contributed by atoms with Crippen LogP contribution in [0.1, 0.15) is 52.9 Å². The van der Waals surface area contributed by atoms with E-state index in [0.717, 1.165) is 11.9 Å². The van der Waals surface area contributed by atoms with E-state index in [1.54, 1.807) is 0 Å². The van der Waals surface area contributed by atoms with Crippen molar-refractivity contribution < 1.29 is 4.74 Å². The van der Waals surface area contributed by atoms with Crippen molar-refractivity contribution in [1.82, 2.24) is 0 Å². The molecule has 0 N–H and O–H groups in total. The Kier molecular flexibility index (Phi) is 5.12. The lowest BCUT2D eigenvalue weighted by Gasteiger charge is -2.25. The van der Waals surface area contributed by atoms with Gasteiger partial charge in [0.2, 0.25) is 6.10 Å². The van der Waals surface area contributed by atoms with Crippen LogP contribution < -0.4 is 4.74 Å². The summed E-state index contributed by atoms with van der Waals surface area (Å²) in [5, 5.41) is 0. The second-order valence-electron chi connectivity index (χ2n) is 6.60. The Morgan fingerprint density at radius 2 is 1.70 bits per heavy atom. The zero-order valence-electron chi connectivity index (χ0n) is 12.9. The predicted molar refractivity (Wildman–Crippen MR) is 84.1 cm³/mol. The van der Waals surface area contributed by atoms with Gasteiger partial charge >= 0.3 is 0 Å². The maximum atomic E-state index is 6.01. The summed E-state index contributed by atoms with van der Waals surface area (Å²) in [7, 11) is 0. The average Bonchev–Trinajstić information content (AvgIpc) is 2.44. The molecule has 20 heavy (non-hydrogen) atoms. The van der Waals surface area contributed by atoms with Gasteiger partial charge < -0.3 is 4.74 Å². The molecule has 2 rings (SSSR count). The first kappa shape index (κ1) is 15.0. The quantitative estimate of drug-likeness (QED) is 0.668. The Morgan fingerprint density at radius 3 is 2.30 bits per heavy atom. The van der Waals surface area contributed by atoms with E-state index in [4.69, 9.17) is 4.74 Å². The van der Waals surface area contributed by atoms with Crippen LogP contribution in [0.5, 0.6) is 5.75 Å². The van der Waals surface area contributed by atoms with Crippen LogP contribution in [-0.2, 0) is 0 Å². The van der Waals surface area contributed by atoms with Crippen LogP contribution in [0.2, 0.25) is 0 Å². The van der Waals surface area contributed by atoms with Crippen molar-refractivity contribution in [3.63, 3.8) is 0 Å². The SMILES string of the molecule is CC(C)(C)[C](C#CC1CCCCC1)Oc1ccccc1. The maximum absolute atomic E-state index is 6.01. The van der Waals surface area contributed by atoms with Gasteiger partial charge in [-0.3, -0.25) is 0 Å². The Balaban J connectivity index is 2.06. The molecule has 0 heterocycles. The summed E-state index contributed by atoms with van der Waals surface area (Å²) < 4.78 is 6.01. The summed E-state index contributed by atoms with van der Waals surface area (Å²) in [6.45, 7) is 6.46. The third kappa shape index (κ3) is 4.60. The summed E-state index contributed by atoms with van der Waals surface area (Å²) >= 11 is 0. The smallest absolute Gasteiger partial charge is 0.225 e. The number of para-hydroxylation sites is 1. The van der Waals surface area contributed by atoms with Crippen molar-refractivity contribution in [3.05, 3.63) is 36.4 Å². The molecule has 1 aromatic carbocycles. The molecule has 0 saturated heterocycles. The molecule has 1 radical (unpaired) electrons. The molecule has 0 bridgehead atoms. The molecule has 0 atom stereocenters. The van der Waals surface area contributed by atoms with Crippen molar-refractivity contribution in [2.45, 2.75) is 52.9 Å². The molecular formula is C19H25O. The normalized spacial score (nSPS) is 16.6. The van der Waals surface area contributed by atoms with Crippen molar-refractivity contribution in [2.24, 2.45) is 11.3 Å². The minimum Gasteiger partial charge on any atom is -0.469 e. The molecule has 1 saturated carbocycles. The molecule has 1 nitrogen and oxygen atoms in total. The van der Waals surface area contributed by atoms with Crippen LogP contribution in [0.15, 0.2) is 30.3 Å². The van der Waals surface area contributed by atoms with E-state index < -0.39 is 0 Å². The van der Waals surface area contributed by atoms with E-state index in [9.17, 15) is 0 Å². The fourth-order valence-corrected chi connectivity index (χ4v) is 2.39. The minimum absolute atomic E-state index is 0.0580. The molecule has 0 aromatic heterocycles. The minimum atomic E-state index is -0.0580. The topological polar surface area (TPSA) is 9.23 Å². The molecule has 0 amide bonds. The lowest BCUT2D eigenvalue weighted by Crippen LogP contribution is -2.22. The van der Waals surface area contributed by atoms with Gasteiger partial charge in [-0.05, 0) is 30.9 Å². The average molecular weight is 269 g/mol. The second kappa shape index (κ2) is 6.84. The van der Waals surface area contributed by atoms with Crippen LogP contribution >= 0.6 is 0 Å². The highest BCUT2D eigenvalue weighted by molar-refractivity contribution is 5.29. The zero-order valence-corrected chi connectivity index (χ0v) is 12.9. The Bertz CT molecular complexity index is 452. The van der Waals surface area contributed by atoms with E-state index >= 15 is 0 Å². The number of benzene rings is 1. The molecule has 1 aliphatic carbocycles. The van der Waals surface area contributed by atoms with Gasteiger partial charge in [0.15, 0.2) is 0 Å². The van der Waals surface area contributed by atoms with E-state index in [-0.39, 0.29) is 5.41 Å². The van der Waals surface area contributed by atoms with E-state index in [0.29, 0.717) is 5.92 Å². The van der Waals surface area contributed by atoms with Crippen LogP contribution in [0.25, 0.3) is 0 Å². The number of hydrogen-bond acceptors (Lipinski definition) is 1. The van der Waals surface area contributed by atoms with Crippen molar-refractivity contribution in [2.75, 3.05) is 0 Å². The molecule has 1 heteroatoms. The highest BCUT2D eigenvalue weighted by atomic mass is 16.5. The largest absolute Gasteiger partial charge is 0.469 e. The summed E-state index contributed by atoms with van der Waals surface area (Å²) in [6, 6.07) is 9.94. The highest BCUT2D eigenvalue weighted by Gasteiger charge is 2.27. The molecular weight excluding hydrogens is 244 g/mol. The molecule has 107 valence electrons. The Labute approximate surface area is 123 Å². The van der Waals surface area contributed by atoms with Gasteiger partial charge in [0.1, 0.15) is 5.75 Å². The number of hydrogen-bond donors (Lipinski definition) is 0. The zero-order chi connectivity index (χ0) is 14.4. The molecule has 1 aromatic rings. The monoisotopic (exact) mass is 269 g/mol. The van der Waals surface area contributed by atoms with Gasteiger partial charge in [-0.15, -0.1) is 0 Å². The molecule has 1 fully saturated rings. The van der Waals surface area contributed by atoms with E-state index in [1.165, 1.54) is 32.1 Å². The molecule has 0 unspecified atom stereocenters. The summed E-state index contributed by atoms with van der Waals surface area (Å²) in [5.41, 5.74) is -0.0580. The predicted octanol–water partition coefficient (Wildman–Crippen LogP) is 5.23. The standard InChI is InChI=1S/C19H25O/c1-19(2,3)18(20-17-12-8-5-9-13-17)15-14-16-10-6-4-7-11-16/h5,8-9,12-13,16H,4,6-7,10-11H2,1-3H3. The van der Waals surface area contributed by atoms with Crippen LogP contribution in [0.3, 0.4) is 0 Å². The summed E-state index contributed by atoms with van der Waals surface area (Å²) in [4.78, 5) is 0. The lowest BCUT2D eigenvalue weighted by molar-refractivity contribution is 0.235. The first-order valence-corrected chi connectivity index (χ1v) is 7.67. The van der Waals surface area contributed by atoms with Gasteiger partial charge in [-0.2, -0.15) is 0 Å². The van der Waals surface area contributed by atoms with Crippen LogP contribution in [-0.4, -0.2) is 0 Å². The maximum Gasteiger partial charge on any atom is 0.225 e. The molecule has 0 spiro atoms. The van der Waals surface area contributed by atoms with Crippen molar-refractivity contribution >= 4 is 0 Å². The Hall–Kier alpha value is -1.42. The van der Waals surface area contributed by atoms with Crippen LogP contribution in [0.4, 0.5) is 0 Å². The summed E-state index contributed by atoms with van der Waals surface area (Å²) in [6.07, 6.45) is 7.38. The lowest BCUT2D eigenvalue weighted by atomic mass is 9.86. The second-order valence-corrected chi connectivity index (χ2v) is 6.60. The fraction of sp³-hybridized carbons (Fsp3) is 0.526. The van der Waals surface area contributed by atoms with E-state index in [2.05, 4.69) is 32.6 Å². The van der Waals surface area contributed by atoms with Gasteiger partial charge in [-0.1, -0.05) is 64.2 Å². The van der Waals surface area contributed by atoms with Gasteiger partial charge in [0.25, 0.3) is 0 Å². The van der Waals surface area contributed by atoms with Gasteiger partial charge in [0, 0.05) is 11.3 Å². The first-order valence-electron chi connectivity index (χ1n) is 7.67. The highest BCUT2D eigenvalue weighted by Crippen LogP contribution is 2.31.